The fraction of sp³-hybridized carbons (Fsp3) is 0.750. The molecule has 1 saturated carbocycles. The second-order valence-electron chi connectivity index (χ2n) is 8.84. The highest BCUT2D eigenvalue weighted by Crippen LogP contribution is 2.42. The van der Waals surface area contributed by atoms with Crippen molar-refractivity contribution in [1.29, 1.82) is 0 Å². The number of likely N-dealkylation sites (tertiary alicyclic amines) is 2. The van der Waals surface area contributed by atoms with E-state index in [1.807, 2.05) is 0 Å². The molecule has 2 saturated heterocycles. The summed E-state index contributed by atoms with van der Waals surface area (Å²) in [6.07, 6.45) is 6.02. The van der Waals surface area contributed by atoms with E-state index in [4.69, 9.17) is 4.52 Å². The Morgan fingerprint density at radius 3 is 2.88 bits per heavy atom. The van der Waals surface area contributed by atoms with Crippen LogP contribution in [0.15, 0.2) is 10.6 Å². The molecule has 0 aromatic carbocycles. The molecule has 3 heterocycles. The van der Waals surface area contributed by atoms with Crippen LogP contribution in [0.5, 0.6) is 0 Å². The lowest BCUT2D eigenvalue weighted by Crippen LogP contribution is -2.50. The molecule has 0 radical (unpaired) electrons. The van der Waals surface area contributed by atoms with Crippen LogP contribution in [-0.2, 0) is 11.2 Å². The van der Waals surface area contributed by atoms with Crippen molar-refractivity contribution in [3.63, 3.8) is 0 Å². The average molecular weight is 359 g/mol. The Kier molecular flexibility index (Phi) is 4.53. The molecule has 1 aliphatic carbocycles. The minimum absolute atomic E-state index is 0.128. The maximum atomic E-state index is 13.1. The third kappa shape index (κ3) is 3.38. The number of nitrogens with zero attached hydrogens (tertiary/aromatic N) is 3. The summed E-state index contributed by atoms with van der Waals surface area (Å²) < 4.78 is 5.29. The molecule has 6 nitrogen and oxygen atoms in total. The Labute approximate surface area is 154 Å². The summed E-state index contributed by atoms with van der Waals surface area (Å²) in [6, 6.07) is 1.76. The molecular formula is C20H29N3O3. The van der Waals surface area contributed by atoms with Crippen LogP contribution < -0.4 is 0 Å². The highest BCUT2D eigenvalue weighted by molar-refractivity contribution is 5.93. The van der Waals surface area contributed by atoms with Gasteiger partial charge < -0.3 is 14.3 Å². The first kappa shape index (κ1) is 17.6. The lowest BCUT2D eigenvalue weighted by molar-refractivity contribution is -0.145. The predicted octanol–water partition coefficient (Wildman–Crippen LogP) is 2.74. The van der Waals surface area contributed by atoms with Crippen molar-refractivity contribution in [3.8, 4) is 0 Å². The molecule has 1 spiro atoms. The van der Waals surface area contributed by atoms with Crippen molar-refractivity contribution < 1.29 is 14.1 Å². The Bertz CT molecular complexity index is 694. The van der Waals surface area contributed by atoms with Crippen LogP contribution in [0.3, 0.4) is 0 Å². The maximum absolute atomic E-state index is 13.1. The third-order valence-corrected chi connectivity index (χ3v) is 6.03. The molecule has 1 aromatic heterocycles. The van der Waals surface area contributed by atoms with Gasteiger partial charge in [0.25, 0.3) is 5.91 Å². The monoisotopic (exact) mass is 359 g/mol. The summed E-state index contributed by atoms with van der Waals surface area (Å²) in [6.45, 7) is 7.17. The van der Waals surface area contributed by atoms with E-state index < -0.39 is 0 Å². The summed E-state index contributed by atoms with van der Waals surface area (Å²) in [4.78, 5) is 29.8. The summed E-state index contributed by atoms with van der Waals surface area (Å²) in [5, 5.41) is 4.02. The van der Waals surface area contributed by atoms with Crippen molar-refractivity contribution in [2.45, 2.75) is 52.4 Å². The van der Waals surface area contributed by atoms with E-state index >= 15 is 0 Å². The number of hydrogen-bond donors (Lipinski definition) is 0. The van der Waals surface area contributed by atoms with Crippen molar-refractivity contribution in [2.24, 2.45) is 17.3 Å². The predicted molar refractivity (Wildman–Crippen MR) is 96.5 cm³/mol. The zero-order valence-electron chi connectivity index (χ0n) is 15.9. The van der Waals surface area contributed by atoms with Crippen molar-refractivity contribution >= 4 is 11.8 Å². The van der Waals surface area contributed by atoms with Gasteiger partial charge >= 0.3 is 0 Å². The second kappa shape index (κ2) is 6.71. The van der Waals surface area contributed by atoms with Gasteiger partial charge in [-0.1, -0.05) is 19.0 Å². The van der Waals surface area contributed by atoms with Crippen LogP contribution in [0, 0.1) is 17.3 Å². The van der Waals surface area contributed by atoms with Gasteiger partial charge in [0.1, 0.15) is 0 Å². The van der Waals surface area contributed by atoms with Gasteiger partial charge in [0.2, 0.25) is 11.7 Å². The summed E-state index contributed by atoms with van der Waals surface area (Å²) >= 11 is 0. The van der Waals surface area contributed by atoms with Gasteiger partial charge in [-0.25, -0.2) is 0 Å². The number of aromatic nitrogens is 1. The highest BCUT2D eigenvalue weighted by atomic mass is 16.5. The van der Waals surface area contributed by atoms with Gasteiger partial charge in [-0.05, 0) is 50.4 Å². The van der Waals surface area contributed by atoms with Gasteiger partial charge in [0.15, 0.2) is 0 Å². The normalized spacial score (nSPS) is 26.3. The molecule has 6 heteroatoms. The molecule has 0 bridgehead atoms. The lowest BCUT2D eigenvalue weighted by atomic mass is 9.78. The van der Waals surface area contributed by atoms with Crippen molar-refractivity contribution in [2.75, 3.05) is 26.2 Å². The lowest BCUT2D eigenvalue weighted by Gasteiger charge is -2.39. The first-order chi connectivity index (χ1) is 12.5. The Balaban J connectivity index is 1.42. The fourth-order valence-corrected chi connectivity index (χ4v) is 4.45. The number of hydrogen-bond acceptors (Lipinski definition) is 4. The number of rotatable bonds is 5. The van der Waals surface area contributed by atoms with Crippen molar-refractivity contribution in [1.82, 2.24) is 15.0 Å². The molecule has 2 amide bonds. The number of carbonyl (C=O) groups is 2. The van der Waals surface area contributed by atoms with Crippen LogP contribution in [0.1, 0.15) is 62.2 Å². The zero-order valence-corrected chi connectivity index (χ0v) is 15.9. The van der Waals surface area contributed by atoms with E-state index in [1.165, 1.54) is 12.8 Å². The van der Waals surface area contributed by atoms with Crippen LogP contribution in [0.4, 0.5) is 0 Å². The molecular weight excluding hydrogens is 330 g/mol. The maximum Gasteiger partial charge on any atom is 0.292 e. The molecule has 3 fully saturated rings. The highest BCUT2D eigenvalue weighted by Gasteiger charge is 2.50. The molecule has 26 heavy (non-hydrogen) atoms. The SMILES string of the molecule is CC(C)Cc1cc(C(=O)N2CCC3(CCCN(CC4CC4)C3=O)C2)on1. The summed E-state index contributed by atoms with van der Waals surface area (Å²) in [5.41, 5.74) is 0.449. The van der Waals surface area contributed by atoms with Crippen LogP contribution >= 0.6 is 0 Å². The molecule has 142 valence electrons. The fourth-order valence-electron chi connectivity index (χ4n) is 4.45. The average Bonchev–Trinajstić information content (AvgIpc) is 3.13. The van der Waals surface area contributed by atoms with Crippen LogP contribution in [-0.4, -0.2) is 52.9 Å². The Morgan fingerprint density at radius 1 is 1.35 bits per heavy atom. The summed E-state index contributed by atoms with van der Waals surface area (Å²) in [5.74, 6) is 1.62. The third-order valence-electron chi connectivity index (χ3n) is 6.03. The molecule has 1 unspecified atom stereocenters. The molecule has 1 atom stereocenters. The van der Waals surface area contributed by atoms with E-state index in [9.17, 15) is 9.59 Å². The van der Waals surface area contributed by atoms with E-state index in [2.05, 4.69) is 23.9 Å². The number of piperidine rings is 1. The van der Waals surface area contributed by atoms with Gasteiger partial charge in [0, 0.05) is 32.2 Å². The van der Waals surface area contributed by atoms with E-state index in [1.54, 1.807) is 11.0 Å². The quantitative estimate of drug-likeness (QED) is 0.811. The smallest absolute Gasteiger partial charge is 0.292 e. The Hall–Kier alpha value is -1.85. The van der Waals surface area contributed by atoms with Gasteiger partial charge in [-0.2, -0.15) is 0 Å². The molecule has 2 aliphatic heterocycles. The van der Waals surface area contributed by atoms with Crippen molar-refractivity contribution in [3.05, 3.63) is 17.5 Å². The number of carbonyl (C=O) groups excluding carboxylic acids is 2. The van der Waals surface area contributed by atoms with Gasteiger partial charge in [-0.15, -0.1) is 0 Å². The van der Waals surface area contributed by atoms with E-state index in [-0.39, 0.29) is 17.2 Å². The second-order valence-corrected chi connectivity index (χ2v) is 8.84. The first-order valence-electron chi connectivity index (χ1n) is 10.0. The van der Waals surface area contributed by atoms with Crippen LogP contribution in [0.2, 0.25) is 0 Å². The van der Waals surface area contributed by atoms with Crippen LogP contribution in [0.25, 0.3) is 0 Å². The van der Waals surface area contributed by atoms with E-state index in [0.29, 0.717) is 30.7 Å². The molecule has 3 aliphatic rings. The van der Waals surface area contributed by atoms with Gasteiger partial charge in [0.05, 0.1) is 11.1 Å². The largest absolute Gasteiger partial charge is 0.351 e. The molecule has 4 rings (SSSR count). The first-order valence-corrected chi connectivity index (χ1v) is 10.0. The molecule has 1 aromatic rings. The van der Waals surface area contributed by atoms with Gasteiger partial charge in [-0.3, -0.25) is 9.59 Å². The topological polar surface area (TPSA) is 66.7 Å². The minimum atomic E-state index is -0.371. The molecule has 0 N–H and O–H groups in total. The zero-order chi connectivity index (χ0) is 18.3. The minimum Gasteiger partial charge on any atom is -0.351 e. The Morgan fingerprint density at radius 2 is 2.15 bits per heavy atom. The number of amides is 2. The van der Waals surface area contributed by atoms with E-state index in [0.717, 1.165) is 44.5 Å². The standard InChI is InChI=1S/C20H29N3O3/c1-14(2)10-16-11-17(26-21-16)18(24)23-9-7-20(13-23)6-3-8-22(19(20)25)12-15-4-5-15/h11,14-15H,3-10,12-13H2,1-2H3. The summed E-state index contributed by atoms with van der Waals surface area (Å²) in [7, 11) is 0.